The number of ketones is 1. The Labute approximate surface area is 179 Å². The molecule has 0 atom stereocenters. The molecule has 0 radical (unpaired) electrons. The first-order valence-corrected chi connectivity index (χ1v) is 9.65. The maximum atomic E-state index is 13.5. The van der Waals surface area contributed by atoms with Crippen LogP contribution in [0, 0.1) is 43.3 Å². The van der Waals surface area contributed by atoms with Gasteiger partial charge in [0.15, 0.2) is 0 Å². The van der Waals surface area contributed by atoms with Gasteiger partial charge in [0, 0.05) is 18.4 Å². The molecule has 31 heavy (non-hydrogen) atoms. The van der Waals surface area contributed by atoms with Gasteiger partial charge in [0.1, 0.15) is 23.1 Å². The lowest BCUT2D eigenvalue weighted by Crippen LogP contribution is -2.54. The van der Waals surface area contributed by atoms with E-state index in [-0.39, 0.29) is 22.5 Å². The molecule has 0 aliphatic heterocycles. The van der Waals surface area contributed by atoms with Crippen LogP contribution < -0.4 is 10.6 Å². The number of halogens is 1. The molecule has 2 aromatic rings. The van der Waals surface area contributed by atoms with Gasteiger partial charge < -0.3 is 15.2 Å². The van der Waals surface area contributed by atoms with E-state index in [9.17, 15) is 18.8 Å². The van der Waals surface area contributed by atoms with Gasteiger partial charge in [-0.05, 0) is 56.9 Å². The van der Waals surface area contributed by atoms with Crippen LogP contribution in [0.5, 0.6) is 0 Å². The van der Waals surface area contributed by atoms with Crippen LogP contribution in [0.25, 0.3) is 0 Å². The van der Waals surface area contributed by atoms with Crippen molar-refractivity contribution in [3.63, 3.8) is 0 Å². The van der Waals surface area contributed by atoms with Gasteiger partial charge in [-0.2, -0.15) is 5.26 Å². The van der Waals surface area contributed by atoms with Crippen molar-refractivity contribution in [3.8, 4) is 18.4 Å². The number of carbonyl (C=O) groups excluding carboxylic acids is 3. The van der Waals surface area contributed by atoms with Crippen LogP contribution in [-0.4, -0.2) is 27.7 Å². The molecule has 2 amide bonds. The summed E-state index contributed by atoms with van der Waals surface area (Å²) in [7, 11) is 1.60. The third-order valence-corrected chi connectivity index (χ3v) is 5.76. The first kappa shape index (κ1) is 21.8. The summed E-state index contributed by atoms with van der Waals surface area (Å²) in [4.78, 5) is 38.3. The second-order valence-corrected chi connectivity index (χ2v) is 7.62. The zero-order valence-corrected chi connectivity index (χ0v) is 17.4. The number of terminal acetylenes is 1. The molecule has 0 spiro atoms. The fraction of sp³-hybridized carbons (Fsp3) is 0.304. The van der Waals surface area contributed by atoms with Crippen molar-refractivity contribution in [3.05, 3.63) is 52.1 Å². The number of aromatic nitrogens is 1. The van der Waals surface area contributed by atoms with E-state index in [4.69, 9.17) is 11.7 Å². The first-order valence-electron chi connectivity index (χ1n) is 9.65. The normalized spacial score (nSPS) is 14.0. The molecule has 0 unspecified atom stereocenters. The van der Waals surface area contributed by atoms with Crippen LogP contribution in [-0.2, 0) is 11.8 Å². The Kier molecular flexibility index (Phi) is 5.68. The number of nitrogens with zero attached hydrogens (tertiary/aromatic N) is 2. The molecule has 0 saturated heterocycles. The molecule has 1 heterocycles. The summed E-state index contributed by atoms with van der Waals surface area (Å²) in [6.45, 7) is 3.21. The Balaban J connectivity index is 1.89. The smallest absolute Gasteiger partial charge is 0.293 e. The van der Waals surface area contributed by atoms with Gasteiger partial charge in [-0.1, -0.05) is 5.92 Å². The average molecular weight is 420 g/mol. The van der Waals surface area contributed by atoms with Crippen LogP contribution in [0.1, 0.15) is 56.9 Å². The summed E-state index contributed by atoms with van der Waals surface area (Å²) in [5, 5.41) is 14.2. The number of benzene rings is 1. The van der Waals surface area contributed by atoms with Crippen molar-refractivity contribution >= 4 is 23.3 Å². The van der Waals surface area contributed by atoms with Crippen LogP contribution in [0.15, 0.2) is 18.2 Å². The standard InChI is InChI=1S/C23H21FN4O3/c1-5-23(9-6-10-23)27-22(31)20(29)18-13(2)19(28(4)14(18)3)21(30)26-16-7-8-17(24)15(11-16)12-25/h1,7-8,11H,6,9-10H2,2-4H3,(H,26,30)(H,27,31). The van der Waals surface area contributed by atoms with Crippen LogP contribution in [0.2, 0.25) is 0 Å². The number of hydrogen-bond donors (Lipinski definition) is 2. The molecule has 8 heteroatoms. The van der Waals surface area contributed by atoms with Crippen molar-refractivity contribution in [1.82, 2.24) is 9.88 Å². The first-order chi connectivity index (χ1) is 14.6. The Bertz CT molecular complexity index is 1190. The summed E-state index contributed by atoms with van der Waals surface area (Å²) in [6, 6.07) is 5.34. The zero-order valence-electron chi connectivity index (χ0n) is 17.4. The molecule has 1 aromatic carbocycles. The molecule has 1 saturated carbocycles. The highest BCUT2D eigenvalue weighted by atomic mass is 19.1. The average Bonchev–Trinajstić information content (AvgIpc) is 2.93. The summed E-state index contributed by atoms with van der Waals surface area (Å²) in [5.74, 6) is -0.269. The molecule has 158 valence electrons. The Morgan fingerprint density at radius 2 is 1.94 bits per heavy atom. The fourth-order valence-corrected chi connectivity index (χ4v) is 3.74. The second kappa shape index (κ2) is 8.08. The molecular weight excluding hydrogens is 399 g/mol. The number of nitrogens with one attached hydrogen (secondary N) is 2. The Hall–Kier alpha value is -3.91. The molecular formula is C23H21FN4O3. The van der Waals surface area contributed by atoms with Gasteiger partial charge >= 0.3 is 0 Å². The molecule has 1 aliphatic rings. The Morgan fingerprint density at radius 3 is 2.48 bits per heavy atom. The molecule has 7 nitrogen and oxygen atoms in total. The number of hydrogen-bond acceptors (Lipinski definition) is 4. The number of Topliss-reactive ketones (excluding diaryl/α,β-unsaturated/α-hetero) is 1. The molecule has 3 rings (SSSR count). The van der Waals surface area contributed by atoms with Gasteiger partial charge in [0.2, 0.25) is 0 Å². The molecule has 2 N–H and O–H groups in total. The van der Waals surface area contributed by atoms with Crippen molar-refractivity contribution in [2.24, 2.45) is 7.05 Å². The van der Waals surface area contributed by atoms with Crippen molar-refractivity contribution < 1.29 is 18.8 Å². The summed E-state index contributed by atoms with van der Waals surface area (Å²) in [6.07, 6.45) is 7.62. The topological polar surface area (TPSA) is 104 Å². The van der Waals surface area contributed by atoms with E-state index in [2.05, 4.69) is 16.6 Å². The third-order valence-electron chi connectivity index (χ3n) is 5.76. The fourth-order valence-electron chi connectivity index (χ4n) is 3.74. The highest BCUT2D eigenvalue weighted by Gasteiger charge is 2.39. The predicted octanol–water partition coefficient (Wildman–Crippen LogP) is 2.76. The maximum Gasteiger partial charge on any atom is 0.293 e. The molecule has 1 aliphatic carbocycles. The molecule has 1 aromatic heterocycles. The lowest BCUT2D eigenvalue weighted by Gasteiger charge is -2.37. The van der Waals surface area contributed by atoms with E-state index in [1.165, 1.54) is 16.7 Å². The predicted molar refractivity (Wildman–Crippen MR) is 112 cm³/mol. The number of amides is 2. The largest absolute Gasteiger partial charge is 0.343 e. The van der Waals surface area contributed by atoms with Gasteiger partial charge in [-0.3, -0.25) is 14.4 Å². The van der Waals surface area contributed by atoms with E-state index >= 15 is 0 Å². The van der Waals surface area contributed by atoms with Crippen molar-refractivity contribution in [2.45, 2.75) is 38.6 Å². The van der Waals surface area contributed by atoms with E-state index in [0.717, 1.165) is 12.5 Å². The second-order valence-electron chi connectivity index (χ2n) is 7.62. The number of rotatable bonds is 5. The molecule has 0 bridgehead atoms. The lowest BCUT2D eigenvalue weighted by atomic mass is 9.77. The van der Waals surface area contributed by atoms with Gasteiger partial charge in [0.05, 0.1) is 11.1 Å². The number of carbonyl (C=O) groups is 3. The van der Waals surface area contributed by atoms with Crippen LogP contribution in [0.4, 0.5) is 10.1 Å². The van der Waals surface area contributed by atoms with E-state index in [1.54, 1.807) is 27.0 Å². The molecule has 1 fully saturated rings. The Morgan fingerprint density at radius 1 is 1.26 bits per heavy atom. The minimum atomic E-state index is -0.807. The van der Waals surface area contributed by atoms with Gasteiger partial charge in [0.25, 0.3) is 17.6 Å². The summed E-state index contributed by atoms with van der Waals surface area (Å²) < 4.78 is 15.0. The number of nitriles is 1. The van der Waals surface area contributed by atoms with Crippen molar-refractivity contribution in [2.75, 3.05) is 5.32 Å². The lowest BCUT2D eigenvalue weighted by molar-refractivity contribution is -0.119. The number of anilines is 1. The van der Waals surface area contributed by atoms with E-state index < -0.39 is 29.0 Å². The minimum Gasteiger partial charge on any atom is -0.343 e. The zero-order chi connectivity index (χ0) is 22.9. The van der Waals surface area contributed by atoms with E-state index in [0.29, 0.717) is 24.1 Å². The monoisotopic (exact) mass is 420 g/mol. The highest BCUT2D eigenvalue weighted by molar-refractivity contribution is 6.44. The SMILES string of the molecule is C#CC1(NC(=O)C(=O)c2c(C)c(C(=O)Nc3ccc(F)c(C#N)c3)n(C)c2C)CCC1. The van der Waals surface area contributed by atoms with Crippen LogP contribution in [0.3, 0.4) is 0 Å². The summed E-state index contributed by atoms with van der Waals surface area (Å²) >= 11 is 0. The van der Waals surface area contributed by atoms with E-state index in [1.807, 2.05) is 0 Å². The van der Waals surface area contributed by atoms with Gasteiger partial charge in [-0.15, -0.1) is 6.42 Å². The quantitative estimate of drug-likeness (QED) is 0.441. The summed E-state index contributed by atoms with van der Waals surface area (Å²) in [5.41, 5.74) is 0.327. The third kappa shape index (κ3) is 3.80. The maximum absolute atomic E-state index is 13.5. The minimum absolute atomic E-state index is 0.133. The van der Waals surface area contributed by atoms with Crippen LogP contribution >= 0.6 is 0 Å². The highest BCUT2D eigenvalue weighted by Crippen LogP contribution is 2.31. The van der Waals surface area contributed by atoms with Crippen molar-refractivity contribution in [1.29, 1.82) is 5.26 Å². The van der Waals surface area contributed by atoms with Gasteiger partial charge in [-0.25, -0.2) is 4.39 Å².